The van der Waals surface area contributed by atoms with Gasteiger partial charge in [-0.05, 0) is 12.8 Å². The smallest absolute Gasteiger partial charge is 0.307 e. The molecule has 1 heterocycles. The van der Waals surface area contributed by atoms with Gasteiger partial charge in [0.2, 0.25) is 5.91 Å². The van der Waals surface area contributed by atoms with Gasteiger partial charge < -0.3 is 25.0 Å². The van der Waals surface area contributed by atoms with Gasteiger partial charge in [-0.1, -0.05) is 72.1 Å². The van der Waals surface area contributed by atoms with E-state index in [1.54, 1.807) is 13.8 Å². The molecule has 36 heavy (non-hydrogen) atoms. The molecule has 2 atom stereocenters. The molecule has 1 rings (SSSR count). The summed E-state index contributed by atoms with van der Waals surface area (Å²) in [4.78, 5) is 38.2. The number of carboxylic acid groups (broad SMARTS) is 1. The molecule has 210 valence electrons. The lowest BCUT2D eigenvalue weighted by Crippen LogP contribution is -2.47. The molecule has 0 aliphatic carbocycles. The van der Waals surface area contributed by atoms with Crippen LogP contribution in [0, 0.1) is 11.3 Å². The molecule has 0 spiro atoms. The Kier molecular flexibility index (Phi) is 16.6. The fraction of sp³-hybridized carbons (Fsp3) is 0.889. The highest BCUT2D eigenvalue weighted by molar-refractivity contribution is 5.82. The summed E-state index contributed by atoms with van der Waals surface area (Å²) in [5.74, 6) is -2.64. The van der Waals surface area contributed by atoms with Gasteiger partial charge in [0, 0.05) is 31.6 Å². The monoisotopic (exact) mass is 514 g/mol. The Morgan fingerprint density at radius 3 is 2.17 bits per heavy atom. The van der Waals surface area contributed by atoms with E-state index < -0.39 is 29.3 Å². The summed E-state index contributed by atoms with van der Waals surface area (Å²) in [5.41, 5.74) is -0.948. The Bertz CT molecular complexity index is 636. The predicted molar refractivity (Wildman–Crippen MR) is 139 cm³/mol. The second-order valence-corrected chi connectivity index (χ2v) is 10.6. The molecule has 1 saturated heterocycles. The lowest BCUT2D eigenvalue weighted by molar-refractivity contribution is -0.148. The fourth-order valence-corrected chi connectivity index (χ4v) is 4.48. The van der Waals surface area contributed by atoms with Gasteiger partial charge in [-0.25, -0.2) is 0 Å². The molecular weight excluding hydrogens is 464 g/mol. The molecule has 9 heteroatoms. The van der Waals surface area contributed by atoms with Crippen molar-refractivity contribution in [3.63, 3.8) is 0 Å². The molecule has 0 aromatic carbocycles. The largest absolute Gasteiger partial charge is 0.481 e. The number of carbonyl (C=O) groups excluding carboxylic acids is 2. The third kappa shape index (κ3) is 14.1. The molecular formula is C27H50N2O7. The maximum absolute atomic E-state index is 12.5. The number of esters is 1. The van der Waals surface area contributed by atoms with Crippen molar-refractivity contribution in [2.24, 2.45) is 11.3 Å². The van der Waals surface area contributed by atoms with Gasteiger partial charge in [-0.15, -0.1) is 0 Å². The molecule has 0 aromatic rings. The summed E-state index contributed by atoms with van der Waals surface area (Å²) < 4.78 is 10.5. The molecule has 0 radical (unpaired) electrons. The SMILES string of the molecule is CCCCCCCCCCCOC(=O)CCNC(=O)[C@H](O)C(C)(C)CC(CN1CCOCC1)C(=O)O. The van der Waals surface area contributed by atoms with Crippen LogP contribution in [0.5, 0.6) is 0 Å². The van der Waals surface area contributed by atoms with Gasteiger partial charge in [0.15, 0.2) is 0 Å². The number of unbranched alkanes of at least 4 members (excludes halogenated alkanes) is 8. The lowest BCUT2D eigenvalue weighted by atomic mass is 9.77. The minimum atomic E-state index is -1.39. The van der Waals surface area contributed by atoms with Gasteiger partial charge >= 0.3 is 11.9 Å². The number of morpholine rings is 1. The van der Waals surface area contributed by atoms with E-state index in [1.165, 1.54) is 38.5 Å². The van der Waals surface area contributed by atoms with E-state index in [0.29, 0.717) is 39.5 Å². The Morgan fingerprint density at radius 1 is 1.00 bits per heavy atom. The van der Waals surface area contributed by atoms with E-state index in [2.05, 4.69) is 12.2 Å². The Labute approximate surface area is 217 Å². The first-order valence-corrected chi connectivity index (χ1v) is 13.8. The number of nitrogens with one attached hydrogen (secondary N) is 1. The van der Waals surface area contributed by atoms with E-state index in [9.17, 15) is 24.6 Å². The summed E-state index contributed by atoms with van der Waals surface area (Å²) in [6, 6.07) is 0. The van der Waals surface area contributed by atoms with E-state index >= 15 is 0 Å². The molecule has 0 saturated carbocycles. The lowest BCUT2D eigenvalue weighted by Gasteiger charge is -2.35. The minimum absolute atomic E-state index is 0.0328. The van der Waals surface area contributed by atoms with Crippen LogP contribution in [0.3, 0.4) is 0 Å². The van der Waals surface area contributed by atoms with Gasteiger partial charge in [-0.3, -0.25) is 19.3 Å². The average Bonchev–Trinajstić information content (AvgIpc) is 2.84. The quantitative estimate of drug-likeness (QED) is 0.167. The molecule has 9 nitrogen and oxygen atoms in total. The number of hydrogen-bond donors (Lipinski definition) is 3. The number of rotatable bonds is 20. The van der Waals surface area contributed by atoms with Crippen LogP contribution in [0.25, 0.3) is 0 Å². The van der Waals surface area contributed by atoms with Crippen molar-refractivity contribution in [3.05, 3.63) is 0 Å². The normalized spacial score (nSPS) is 16.3. The maximum atomic E-state index is 12.5. The number of carbonyl (C=O) groups is 3. The number of aliphatic hydroxyl groups is 1. The van der Waals surface area contributed by atoms with Crippen LogP contribution in [0.1, 0.15) is 91.4 Å². The van der Waals surface area contributed by atoms with Crippen molar-refractivity contribution >= 4 is 17.8 Å². The predicted octanol–water partition coefficient (Wildman–Crippen LogP) is 3.38. The Hall–Kier alpha value is -1.71. The highest BCUT2D eigenvalue weighted by Gasteiger charge is 2.38. The highest BCUT2D eigenvalue weighted by atomic mass is 16.5. The first-order chi connectivity index (χ1) is 17.2. The molecule has 1 unspecified atom stereocenters. The van der Waals surface area contributed by atoms with Gasteiger partial charge in [0.25, 0.3) is 0 Å². The third-order valence-corrected chi connectivity index (χ3v) is 6.83. The summed E-state index contributed by atoms with van der Waals surface area (Å²) in [7, 11) is 0. The van der Waals surface area contributed by atoms with Crippen LogP contribution in [0.2, 0.25) is 0 Å². The minimum Gasteiger partial charge on any atom is -0.481 e. The molecule has 1 aliphatic rings. The van der Waals surface area contributed by atoms with E-state index in [-0.39, 0.29) is 25.4 Å². The second kappa shape index (κ2) is 18.5. The van der Waals surface area contributed by atoms with Crippen LogP contribution in [-0.2, 0) is 23.9 Å². The third-order valence-electron chi connectivity index (χ3n) is 6.83. The van der Waals surface area contributed by atoms with E-state index in [4.69, 9.17) is 9.47 Å². The molecule has 1 aliphatic heterocycles. The number of nitrogens with zero attached hydrogens (tertiary/aromatic N) is 1. The van der Waals surface area contributed by atoms with Crippen LogP contribution in [0.4, 0.5) is 0 Å². The Morgan fingerprint density at radius 2 is 1.58 bits per heavy atom. The number of aliphatic carboxylic acids is 1. The van der Waals surface area contributed by atoms with Crippen molar-refractivity contribution < 1.29 is 34.1 Å². The maximum Gasteiger partial charge on any atom is 0.307 e. The zero-order valence-corrected chi connectivity index (χ0v) is 22.8. The summed E-state index contributed by atoms with van der Waals surface area (Å²) >= 11 is 0. The van der Waals surface area contributed by atoms with Gasteiger partial charge in [0.05, 0.1) is 32.2 Å². The summed E-state index contributed by atoms with van der Waals surface area (Å²) in [6.07, 6.45) is 9.52. The van der Waals surface area contributed by atoms with Gasteiger partial charge in [-0.2, -0.15) is 0 Å². The number of hydrogen-bond acceptors (Lipinski definition) is 7. The van der Waals surface area contributed by atoms with Crippen LogP contribution in [-0.4, -0.2) is 85.1 Å². The number of carboxylic acids is 1. The van der Waals surface area contributed by atoms with Crippen molar-refractivity contribution in [1.82, 2.24) is 10.2 Å². The van der Waals surface area contributed by atoms with Crippen molar-refractivity contribution in [3.8, 4) is 0 Å². The van der Waals surface area contributed by atoms with Crippen molar-refractivity contribution in [1.29, 1.82) is 0 Å². The average molecular weight is 515 g/mol. The van der Waals surface area contributed by atoms with E-state index in [0.717, 1.165) is 19.3 Å². The van der Waals surface area contributed by atoms with Crippen molar-refractivity contribution in [2.75, 3.05) is 46.0 Å². The van der Waals surface area contributed by atoms with E-state index in [1.807, 2.05) is 4.90 Å². The van der Waals surface area contributed by atoms with Crippen LogP contribution in [0.15, 0.2) is 0 Å². The summed E-state index contributed by atoms with van der Waals surface area (Å²) in [5, 5.41) is 22.8. The topological polar surface area (TPSA) is 125 Å². The Balaban J connectivity index is 2.23. The standard InChI is InChI=1S/C27H50N2O7/c1-4-5-6-7-8-9-10-11-12-17-36-23(30)13-14-28-25(32)24(31)27(2,3)20-22(26(33)34)21-29-15-18-35-19-16-29/h22,24,31H,4-21H2,1-3H3,(H,28,32)(H,33,34)/t22?,24-/m0/s1. The molecule has 3 N–H and O–H groups in total. The molecule has 0 aromatic heterocycles. The van der Waals surface area contributed by atoms with Crippen LogP contribution >= 0.6 is 0 Å². The first kappa shape index (κ1) is 32.3. The number of amides is 1. The molecule has 1 amide bonds. The van der Waals surface area contributed by atoms with Crippen LogP contribution < -0.4 is 5.32 Å². The summed E-state index contributed by atoms with van der Waals surface area (Å²) in [6.45, 7) is 8.87. The zero-order chi connectivity index (χ0) is 26.8. The molecule has 1 fully saturated rings. The second-order valence-electron chi connectivity index (χ2n) is 10.6. The number of aliphatic hydroxyl groups excluding tert-OH is 1. The van der Waals surface area contributed by atoms with Crippen molar-refractivity contribution in [2.45, 2.75) is 97.5 Å². The molecule has 0 bridgehead atoms. The first-order valence-electron chi connectivity index (χ1n) is 13.8. The number of ether oxygens (including phenoxy) is 2. The zero-order valence-electron chi connectivity index (χ0n) is 22.8. The highest BCUT2D eigenvalue weighted by Crippen LogP contribution is 2.30. The van der Waals surface area contributed by atoms with Gasteiger partial charge in [0.1, 0.15) is 6.10 Å². The fourth-order valence-electron chi connectivity index (χ4n) is 4.48.